The first-order valence-electron chi connectivity index (χ1n) is 8.95. The SMILES string of the molecule is CON1CCC2(CC1)NCC(c1cc(C)ccc1C)=C2C(C=O)C(=O)O. The van der Waals surface area contributed by atoms with E-state index in [1.807, 2.05) is 31.0 Å². The second kappa shape index (κ2) is 7.31. The Kier molecular flexibility index (Phi) is 5.27. The first-order valence-corrected chi connectivity index (χ1v) is 8.95. The molecule has 26 heavy (non-hydrogen) atoms. The zero-order chi connectivity index (χ0) is 18.9. The maximum absolute atomic E-state index is 11.9. The molecule has 0 aromatic heterocycles. The minimum absolute atomic E-state index is 0.468. The van der Waals surface area contributed by atoms with Gasteiger partial charge in [-0.25, -0.2) is 0 Å². The van der Waals surface area contributed by atoms with Gasteiger partial charge in [0.15, 0.2) is 0 Å². The van der Waals surface area contributed by atoms with E-state index in [1.165, 1.54) is 0 Å². The molecule has 1 spiro atoms. The van der Waals surface area contributed by atoms with Gasteiger partial charge in [-0.2, -0.15) is 5.06 Å². The number of rotatable bonds is 5. The molecular formula is C20H26N2O4. The number of benzene rings is 1. The molecular weight excluding hydrogens is 332 g/mol. The maximum Gasteiger partial charge on any atom is 0.318 e. The van der Waals surface area contributed by atoms with E-state index in [1.54, 1.807) is 7.11 Å². The largest absolute Gasteiger partial charge is 0.480 e. The monoisotopic (exact) mass is 358 g/mol. The van der Waals surface area contributed by atoms with E-state index in [0.29, 0.717) is 38.8 Å². The second-order valence-electron chi connectivity index (χ2n) is 7.21. The van der Waals surface area contributed by atoms with E-state index in [9.17, 15) is 14.7 Å². The van der Waals surface area contributed by atoms with Crippen molar-refractivity contribution in [3.05, 3.63) is 40.5 Å². The maximum atomic E-state index is 11.9. The number of carbonyl (C=O) groups is 2. The third-order valence-electron chi connectivity index (χ3n) is 5.71. The van der Waals surface area contributed by atoms with E-state index in [-0.39, 0.29) is 0 Å². The molecule has 1 aromatic rings. The zero-order valence-corrected chi connectivity index (χ0v) is 15.5. The average molecular weight is 358 g/mol. The smallest absolute Gasteiger partial charge is 0.318 e. The number of nitrogens with zero attached hydrogens (tertiary/aromatic N) is 1. The second-order valence-corrected chi connectivity index (χ2v) is 7.21. The predicted molar refractivity (Wildman–Crippen MR) is 98.6 cm³/mol. The number of carboxylic acid groups (broad SMARTS) is 1. The van der Waals surface area contributed by atoms with E-state index in [2.05, 4.69) is 11.4 Å². The lowest BCUT2D eigenvalue weighted by molar-refractivity contribution is -0.151. The van der Waals surface area contributed by atoms with Crippen molar-refractivity contribution in [3.63, 3.8) is 0 Å². The van der Waals surface area contributed by atoms with Crippen LogP contribution >= 0.6 is 0 Å². The third-order valence-corrected chi connectivity index (χ3v) is 5.71. The Morgan fingerprint density at radius 3 is 2.62 bits per heavy atom. The number of nitrogens with one attached hydrogen (secondary N) is 1. The van der Waals surface area contributed by atoms with Gasteiger partial charge in [0.2, 0.25) is 0 Å². The van der Waals surface area contributed by atoms with Gasteiger partial charge in [-0.3, -0.25) is 4.79 Å². The van der Waals surface area contributed by atoms with Crippen molar-refractivity contribution >= 4 is 17.8 Å². The first kappa shape index (κ1) is 18.8. The Balaban J connectivity index is 2.13. The van der Waals surface area contributed by atoms with Crippen LogP contribution < -0.4 is 5.32 Å². The minimum atomic E-state index is -1.13. The van der Waals surface area contributed by atoms with Crippen molar-refractivity contribution in [3.8, 4) is 0 Å². The molecule has 2 aliphatic rings. The summed E-state index contributed by atoms with van der Waals surface area (Å²) >= 11 is 0. The topological polar surface area (TPSA) is 78.9 Å². The highest BCUT2D eigenvalue weighted by atomic mass is 16.7. The molecule has 2 N–H and O–H groups in total. The number of hydrogen-bond donors (Lipinski definition) is 2. The lowest BCUT2D eigenvalue weighted by Gasteiger charge is -2.41. The fourth-order valence-corrected chi connectivity index (χ4v) is 4.27. The van der Waals surface area contributed by atoms with Crippen LogP contribution in [0.3, 0.4) is 0 Å². The van der Waals surface area contributed by atoms with Gasteiger partial charge in [-0.1, -0.05) is 23.8 Å². The quantitative estimate of drug-likeness (QED) is 0.619. The normalized spacial score (nSPS) is 21.2. The summed E-state index contributed by atoms with van der Waals surface area (Å²) in [6.45, 7) is 6.00. The molecule has 1 saturated heterocycles. The molecule has 1 atom stereocenters. The Morgan fingerprint density at radius 2 is 2.04 bits per heavy atom. The van der Waals surface area contributed by atoms with Crippen molar-refractivity contribution < 1.29 is 19.5 Å². The molecule has 1 aromatic carbocycles. The summed E-state index contributed by atoms with van der Waals surface area (Å²) in [6.07, 6.45) is 1.99. The fraction of sp³-hybridized carbons (Fsp3) is 0.500. The number of aldehydes is 1. The molecule has 6 heteroatoms. The summed E-state index contributed by atoms with van der Waals surface area (Å²) in [6, 6.07) is 6.17. The molecule has 3 rings (SSSR count). The van der Waals surface area contributed by atoms with Crippen LogP contribution in [0.4, 0.5) is 0 Å². The Bertz CT molecular complexity index is 748. The van der Waals surface area contributed by atoms with Crippen molar-refractivity contribution in [2.45, 2.75) is 32.2 Å². The number of aliphatic carboxylic acids is 1. The third kappa shape index (κ3) is 3.20. The zero-order valence-electron chi connectivity index (χ0n) is 15.5. The molecule has 0 amide bonds. The van der Waals surface area contributed by atoms with Crippen molar-refractivity contribution in [1.82, 2.24) is 10.4 Å². The van der Waals surface area contributed by atoms with Gasteiger partial charge >= 0.3 is 5.97 Å². The highest BCUT2D eigenvalue weighted by Crippen LogP contribution is 2.43. The lowest BCUT2D eigenvalue weighted by atomic mass is 9.75. The lowest BCUT2D eigenvalue weighted by Crippen LogP contribution is -2.53. The Labute approximate surface area is 153 Å². The molecule has 140 valence electrons. The molecule has 1 unspecified atom stereocenters. The van der Waals surface area contributed by atoms with Crippen LogP contribution in [0.15, 0.2) is 23.8 Å². The highest BCUT2D eigenvalue weighted by molar-refractivity contribution is 5.95. The number of hydroxylamine groups is 2. The Hall–Kier alpha value is -2.02. The summed E-state index contributed by atoms with van der Waals surface area (Å²) in [7, 11) is 1.64. The van der Waals surface area contributed by atoms with E-state index < -0.39 is 17.4 Å². The number of hydrogen-bond acceptors (Lipinski definition) is 5. The summed E-state index contributed by atoms with van der Waals surface area (Å²) in [4.78, 5) is 28.9. The first-order chi connectivity index (χ1) is 12.4. The highest BCUT2D eigenvalue weighted by Gasteiger charge is 2.48. The van der Waals surface area contributed by atoms with E-state index >= 15 is 0 Å². The van der Waals surface area contributed by atoms with Crippen molar-refractivity contribution in [2.75, 3.05) is 26.7 Å². The Morgan fingerprint density at radius 1 is 1.35 bits per heavy atom. The summed E-state index contributed by atoms with van der Waals surface area (Å²) in [5.41, 5.74) is 4.45. The van der Waals surface area contributed by atoms with Gasteiger partial charge in [0.05, 0.1) is 7.11 Å². The molecule has 0 aliphatic carbocycles. The van der Waals surface area contributed by atoms with Crippen molar-refractivity contribution in [2.24, 2.45) is 5.92 Å². The van der Waals surface area contributed by atoms with Crippen LogP contribution in [0, 0.1) is 19.8 Å². The molecule has 2 aliphatic heterocycles. The molecule has 2 heterocycles. The summed E-state index contributed by atoms with van der Waals surface area (Å²) in [5, 5.41) is 15.1. The minimum Gasteiger partial charge on any atom is -0.480 e. The predicted octanol–water partition coefficient (Wildman–Crippen LogP) is 1.96. The standard InChI is InChI=1S/C20H26N2O4/c1-13-4-5-14(2)15(10-13)16-11-21-20(6-8-22(26-3)9-7-20)18(16)17(12-23)19(24)25/h4-5,10,12,17,21H,6-9,11H2,1-3H3,(H,24,25). The van der Waals surface area contributed by atoms with Gasteiger partial charge < -0.3 is 20.1 Å². The van der Waals surface area contributed by atoms with Crippen LogP contribution in [0.1, 0.15) is 29.5 Å². The van der Waals surface area contributed by atoms with Crippen LogP contribution in [0.2, 0.25) is 0 Å². The molecule has 6 nitrogen and oxygen atoms in total. The van der Waals surface area contributed by atoms with E-state index in [4.69, 9.17) is 4.84 Å². The van der Waals surface area contributed by atoms with Crippen molar-refractivity contribution in [1.29, 1.82) is 0 Å². The van der Waals surface area contributed by atoms with Crippen LogP contribution in [-0.2, 0) is 14.4 Å². The molecule has 0 bridgehead atoms. The van der Waals surface area contributed by atoms with Gasteiger partial charge in [-0.15, -0.1) is 0 Å². The van der Waals surface area contributed by atoms with Gasteiger partial charge in [0.1, 0.15) is 12.2 Å². The van der Waals surface area contributed by atoms with E-state index in [0.717, 1.165) is 27.8 Å². The van der Waals surface area contributed by atoms with Gasteiger partial charge in [-0.05, 0) is 49.0 Å². The molecule has 0 saturated carbocycles. The molecule has 0 radical (unpaired) electrons. The number of carboxylic acids is 1. The van der Waals surface area contributed by atoms with Crippen LogP contribution in [-0.4, -0.2) is 54.7 Å². The molecule has 1 fully saturated rings. The summed E-state index contributed by atoms with van der Waals surface area (Å²) in [5.74, 6) is -2.22. The average Bonchev–Trinajstić information content (AvgIpc) is 2.97. The van der Waals surface area contributed by atoms with Gasteiger partial charge in [0, 0.05) is 25.2 Å². The van der Waals surface area contributed by atoms with Gasteiger partial charge in [0.25, 0.3) is 0 Å². The van der Waals surface area contributed by atoms with Crippen LogP contribution in [0.25, 0.3) is 5.57 Å². The van der Waals surface area contributed by atoms with Crippen LogP contribution in [0.5, 0.6) is 0 Å². The number of piperidine rings is 1. The number of carbonyl (C=O) groups excluding carboxylic acids is 1. The number of aryl methyl sites for hydroxylation is 2. The summed E-state index contributed by atoms with van der Waals surface area (Å²) < 4.78 is 0. The fourth-order valence-electron chi connectivity index (χ4n) is 4.27.